The number of imidazole rings is 1. The minimum Gasteiger partial charge on any atom is -0.388 e. The van der Waals surface area contributed by atoms with Crippen molar-refractivity contribution in [2.75, 3.05) is 0 Å². The highest BCUT2D eigenvalue weighted by atomic mass is 16.3. The van der Waals surface area contributed by atoms with E-state index in [1.54, 1.807) is 0 Å². The lowest BCUT2D eigenvalue weighted by Gasteiger charge is -2.36. The van der Waals surface area contributed by atoms with Crippen LogP contribution >= 0.6 is 0 Å². The number of para-hydroxylation sites is 2. The second-order valence-corrected chi connectivity index (χ2v) is 7.71. The van der Waals surface area contributed by atoms with Crippen molar-refractivity contribution in [2.24, 2.45) is 5.92 Å². The molecule has 2 fully saturated rings. The van der Waals surface area contributed by atoms with Crippen LogP contribution in [-0.4, -0.2) is 37.5 Å². The molecule has 0 saturated heterocycles. The Labute approximate surface area is 148 Å². The number of nitrogens with zero attached hydrogens (tertiary/aromatic N) is 3. The quantitative estimate of drug-likeness (QED) is 0.909. The summed E-state index contributed by atoms with van der Waals surface area (Å²) in [6.07, 6.45) is 6.96. The molecule has 5 heteroatoms. The van der Waals surface area contributed by atoms with Crippen molar-refractivity contribution in [1.29, 1.82) is 0 Å². The summed E-state index contributed by atoms with van der Waals surface area (Å²) in [6.45, 7) is 2.44. The molecule has 4 rings (SSSR count). The monoisotopic (exact) mass is 341 g/mol. The van der Waals surface area contributed by atoms with Crippen LogP contribution in [-0.2, 0) is 17.9 Å². The third-order valence-electron chi connectivity index (χ3n) is 5.78. The Hall–Kier alpha value is -1.88. The summed E-state index contributed by atoms with van der Waals surface area (Å²) in [5.74, 6) is 1.54. The first-order valence-electron chi connectivity index (χ1n) is 9.53. The Bertz CT molecular complexity index is 757. The van der Waals surface area contributed by atoms with E-state index in [0.29, 0.717) is 17.9 Å². The highest BCUT2D eigenvalue weighted by Crippen LogP contribution is 2.35. The summed E-state index contributed by atoms with van der Waals surface area (Å²) >= 11 is 0. The fraction of sp³-hybridized carbons (Fsp3) is 0.600. The fourth-order valence-electron chi connectivity index (χ4n) is 4.22. The maximum absolute atomic E-state index is 13.2. The molecule has 134 valence electrons. The van der Waals surface area contributed by atoms with Crippen LogP contribution in [0.1, 0.15) is 51.3 Å². The summed E-state index contributed by atoms with van der Waals surface area (Å²) in [7, 11) is 0. The van der Waals surface area contributed by atoms with Gasteiger partial charge in [-0.25, -0.2) is 4.98 Å². The summed E-state index contributed by atoms with van der Waals surface area (Å²) in [5.41, 5.74) is 1.76. The molecule has 0 radical (unpaired) electrons. The summed E-state index contributed by atoms with van der Waals surface area (Å²) < 4.78 is 1.89. The van der Waals surface area contributed by atoms with Crippen LogP contribution in [0.3, 0.4) is 0 Å². The molecule has 0 atom stereocenters. The predicted octanol–water partition coefficient (Wildman–Crippen LogP) is 3.10. The van der Waals surface area contributed by atoms with E-state index in [4.69, 9.17) is 0 Å². The number of fused-ring (bicyclic) bond motifs is 1. The molecule has 2 aliphatic carbocycles. The smallest absolute Gasteiger partial charge is 0.243 e. The van der Waals surface area contributed by atoms with Crippen molar-refractivity contribution in [3.8, 4) is 0 Å². The number of aromatic nitrogens is 2. The number of hydrogen-bond acceptors (Lipinski definition) is 3. The van der Waals surface area contributed by atoms with E-state index in [9.17, 15) is 9.90 Å². The molecule has 2 aliphatic rings. The van der Waals surface area contributed by atoms with E-state index in [1.165, 1.54) is 12.8 Å². The maximum atomic E-state index is 13.2. The summed E-state index contributed by atoms with van der Waals surface area (Å²) in [5, 5.41) is 9.66. The van der Waals surface area contributed by atoms with Crippen LogP contribution in [0, 0.1) is 5.92 Å². The molecular weight excluding hydrogens is 314 g/mol. The molecule has 0 spiro atoms. The molecule has 1 N–H and O–H groups in total. The third kappa shape index (κ3) is 3.30. The topological polar surface area (TPSA) is 58.4 Å². The largest absolute Gasteiger partial charge is 0.388 e. The van der Waals surface area contributed by atoms with Gasteiger partial charge in [0.05, 0.1) is 11.0 Å². The molecule has 0 aliphatic heterocycles. The molecule has 1 amide bonds. The van der Waals surface area contributed by atoms with Gasteiger partial charge in [0, 0.05) is 12.1 Å². The number of aliphatic hydroxyl groups excluding tert-OH is 1. The lowest BCUT2D eigenvalue weighted by molar-refractivity contribution is -0.135. The fourth-order valence-corrected chi connectivity index (χ4v) is 4.22. The van der Waals surface area contributed by atoms with Gasteiger partial charge >= 0.3 is 0 Å². The highest BCUT2D eigenvalue weighted by Gasteiger charge is 2.38. The number of benzene rings is 1. The molecular formula is C20H27N3O2. The summed E-state index contributed by atoms with van der Waals surface area (Å²) in [4.78, 5) is 19.8. The molecule has 1 aromatic carbocycles. The van der Waals surface area contributed by atoms with E-state index < -0.39 is 0 Å². The Morgan fingerprint density at radius 2 is 1.80 bits per heavy atom. The van der Waals surface area contributed by atoms with Gasteiger partial charge in [-0.3, -0.25) is 4.79 Å². The van der Waals surface area contributed by atoms with Gasteiger partial charge in [0.2, 0.25) is 5.91 Å². The normalized spacial score (nSPS) is 23.8. The van der Waals surface area contributed by atoms with Gasteiger partial charge in [-0.2, -0.15) is 0 Å². The molecule has 0 bridgehead atoms. The lowest BCUT2D eigenvalue weighted by Crippen LogP contribution is -2.45. The molecule has 2 aromatic rings. The van der Waals surface area contributed by atoms with E-state index in [2.05, 4.69) is 16.8 Å². The number of hydrogen-bond donors (Lipinski definition) is 1. The third-order valence-corrected chi connectivity index (χ3v) is 5.78. The van der Waals surface area contributed by atoms with Gasteiger partial charge in [-0.15, -0.1) is 0 Å². The number of amides is 1. The van der Waals surface area contributed by atoms with Crippen LogP contribution in [0.25, 0.3) is 11.0 Å². The Morgan fingerprint density at radius 1 is 1.16 bits per heavy atom. The van der Waals surface area contributed by atoms with Crippen LogP contribution in [0.4, 0.5) is 0 Å². The molecule has 1 heterocycles. The first-order chi connectivity index (χ1) is 12.2. The number of rotatable bonds is 5. The first-order valence-corrected chi connectivity index (χ1v) is 9.53. The van der Waals surface area contributed by atoms with Gasteiger partial charge in [0.15, 0.2) is 0 Å². The molecule has 5 nitrogen and oxygen atoms in total. The van der Waals surface area contributed by atoms with Crippen molar-refractivity contribution in [1.82, 2.24) is 14.5 Å². The molecule has 2 saturated carbocycles. The van der Waals surface area contributed by atoms with E-state index in [1.807, 2.05) is 28.8 Å². The van der Waals surface area contributed by atoms with Crippen LogP contribution in [0.15, 0.2) is 24.3 Å². The number of aliphatic hydroxyl groups is 1. The second kappa shape index (κ2) is 6.79. The Morgan fingerprint density at radius 3 is 2.44 bits per heavy atom. The van der Waals surface area contributed by atoms with Gasteiger partial charge in [0.25, 0.3) is 0 Å². The zero-order valence-corrected chi connectivity index (χ0v) is 14.9. The minimum absolute atomic E-state index is 0.146. The van der Waals surface area contributed by atoms with Gasteiger partial charge in [-0.1, -0.05) is 19.1 Å². The summed E-state index contributed by atoms with van der Waals surface area (Å²) in [6, 6.07) is 8.60. The standard InChI is InChI=1S/C20H27N3O2/c1-14-6-8-15(9-7-14)23(16-10-11-16)20(25)12-22-18-5-3-2-4-17(18)21-19(22)13-24/h2-5,14-16,24H,6-13H2,1H3. The van der Waals surface area contributed by atoms with E-state index in [-0.39, 0.29) is 19.1 Å². The van der Waals surface area contributed by atoms with Crippen LogP contribution in [0.5, 0.6) is 0 Å². The second-order valence-electron chi connectivity index (χ2n) is 7.71. The zero-order chi connectivity index (χ0) is 17.4. The Kier molecular flexibility index (Phi) is 4.50. The first kappa shape index (κ1) is 16.6. The average Bonchev–Trinajstić information content (AvgIpc) is 3.39. The van der Waals surface area contributed by atoms with Crippen molar-refractivity contribution in [2.45, 2.75) is 70.7 Å². The number of carbonyl (C=O) groups excluding carboxylic acids is 1. The average molecular weight is 341 g/mol. The predicted molar refractivity (Wildman–Crippen MR) is 96.9 cm³/mol. The van der Waals surface area contributed by atoms with Crippen molar-refractivity contribution < 1.29 is 9.90 Å². The van der Waals surface area contributed by atoms with Crippen LogP contribution in [0.2, 0.25) is 0 Å². The zero-order valence-electron chi connectivity index (χ0n) is 14.9. The maximum Gasteiger partial charge on any atom is 0.243 e. The Balaban J connectivity index is 1.58. The molecule has 1 aromatic heterocycles. The van der Waals surface area contributed by atoms with Gasteiger partial charge < -0.3 is 14.6 Å². The van der Waals surface area contributed by atoms with Crippen molar-refractivity contribution >= 4 is 16.9 Å². The van der Waals surface area contributed by atoms with Crippen molar-refractivity contribution in [3.63, 3.8) is 0 Å². The van der Waals surface area contributed by atoms with Crippen LogP contribution < -0.4 is 0 Å². The van der Waals surface area contributed by atoms with E-state index >= 15 is 0 Å². The lowest BCUT2D eigenvalue weighted by atomic mass is 9.86. The minimum atomic E-state index is -0.146. The van der Waals surface area contributed by atoms with Gasteiger partial charge in [0.1, 0.15) is 19.0 Å². The molecule has 0 unspecified atom stereocenters. The highest BCUT2D eigenvalue weighted by molar-refractivity contribution is 5.81. The SMILES string of the molecule is CC1CCC(N(C(=O)Cn2c(CO)nc3ccccc32)C2CC2)CC1. The van der Waals surface area contributed by atoms with Gasteiger partial charge in [-0.05, 0) is 56.6 Å². The molecule has 25 heavy (non-hydrogen) atoms. The van der Waals surface area contributed by atoms with Crippen molar-refractivity contribution in [3.05, 3.63) is 30.1 Å². The van der Waals surface area contributed by atoms with E-state index in [0.717, 1.165) is 42.6 Å². The number of carbonyl (C=O) groups is 1.